The quantitative estimate of drug-likeness (QED) is 0.363. The number of sulfonamides is 1. The van der Waals surface area contributed by atoms with Crippen LogP contribution in [-0.2, 0) is 23.0 Å². The summed E-state index contributed by atoms with van der Waals surface area (Å²) in [7, 11) is -3.53. The lowest BCUT2D eigenvalue weighted by Crippen LogP contribution is -2.41. The zero-order valence-corrected chi connectivity index (χ0v) is 23.3. The number of carbonyl (C=O) groups excluding carboxylic acids is 1. The lowest BCUT2D eigenvalue weighted by atomic mass is 10.1. The second-order valence-electron chi connectivity index (χ2n) is 9.53. The van der Waals surface area contributed by atoms with Crippen molar-refractivity contribution in [3.05, 3.63) is 47.5 Å². The first kappa shape index (κ1) is 29.1. The van der Waals surface area contributed by atoms with Gasteiger partial charge < -0.3 is 14.7 Å². The SMILES string of the molecule is CCN(CC)CCCS(=O)(=O)N[C@H](CCc1ccccc1)c1n[nH]c(CN(CC)C(=O)N2CCCC2)n1. The molecule has 1 atom stereocenters. The van der Waals surface area contributed by atoms with E-state index in [1.54, 1.807) is 4.90 Å². The van der Waals surface area contributed by atoms with E-state index in [4.69, 9.17) is 0 Å². The zero-order chi connectivity index (χ0) is 26.7. The Kier molecular flexibility index (Phi) is 11.3. The number of benzene rings is 1. The van der Waals surface area contributed by atoms with E-state index in [0.29, 0.717) is 44.0 Å². The Balaban J connectivity index is 1.69. The van der Waals surface area contributed by atoms with E-state index >= 15 is 0 Å². The van der Waals surface area contributed by atoms with Gasteiger partial charge in [0, 0.05) is 19.6 Å². The number of nitrogens with one attached hydrogen (secondary N) is 2. The fourth-order valence-corrected chi connectivity index (χ4v) is 5.91. The van der Waals surface area contributed by atoms with Crippen LogP contribution in [-0.4, -0.2) is 89.4 Å². The molecule has 1 saturated heterocycles. The molecule has 1 fully saturated rings. The van der Waals surface area contributed by atoms with Crippen LogP contribution in [0.25, 0.3) is 0 Å². The number of nitrogens with zero attached hydrogens (tertiary/aromatic N) is 5. The van der Waals surface area contributed by atoms with E-state index < -0.39 is 16.1 Å². The van der Waals surface area contributed by atoms with E-state index in [2.05, 4.69) is 38.7 Å². The highest BCUT2D eigenvalue weighted by atomic mass is 32.2. The Morgan fingerprint density at radius 3 is 2.46 bits per heavy atom. The maximum atomic E-state index is 13.0. The van der Waals surface area contributed by atoms with Crippen LogP contribution in [0.4, 0.5) is 4.79 Å². The standard InChI is InChI=1S/C26H43N7O3S/c1-4-31(5-2)17-12-20-37(35,36)30-23(16-15-22-13-8-7-9-14-22)25-27-24(28-29-25)21-32(6-3)26(34)33-18-10-11-19-33/h7-9,13-14,23,30H,4-6,10-12,15-21H2,1-3H3,(H,27,28,29)/t23-/m1/s1. The van der Waals surface area contributed by atoms with Crippen molar-refractivity contribution in [2.75, 3.05) is 45.0 Å². The highest BCUT2D eigenvalue weighted by molar-refractivity contribution is 7.89. The van der Waals surface area contributed by atoms with Gasteiger partial charge in [-0.25, -0.2) is 22.9 Å². The second kappa shape index (κ2) is 14.4. The topological polar surface area (TPSA) is 115 Å². The van der Waals surface area contributed by atoms with Crippen LogP contribution >= 0.6 is 0 Å². The lowest BCUT2D eigenvalue weighted by molar-refractivity contribution is 0.161. The van der Waals surface area contributed by atoms with Gasteiger partial charge in [-0.15, -0.1) is 0 Å². The number of aromatic amines is 1. The monoisotopic (exact) mass is 533 g/mol. The van der Waals surface area contributed by atoms with Crippen molar-refractivity contribution >= 4 is 16.1 Å². The van der Waals surface area contributed by atoms with Gasteiger partial charge in [0.15, 0.2) is 5.82 Å². The molecule has 3 rings (SSSR count). The van der Waals surface area contributed by atoms with Gasteiger partial charge in [-0.3, -0.25) is 5.10 Å². The number of amides is 2. The first-order valence-corrected chi connectivity index (χ1v) is 15.2. The fraction of sp³-hybridized carbons (Fsp3) is 0.654. The average Bonchev–Trinajstić information content (AvgIpc) is 3.61. The number of carbonyl (C=O) groups is 1. The van der Waals surface area contributed by atoms with Crippen molar-refractivity contribution in [2.45, 2.75) is 65.5 Å². The van der Waals surface area contributed by atoms with Gasteiger partial charge >= 0.3 is 6.03 Å². The fourth-order valence-electron chi connectivity index (χ4n) is 4.63. The van der Waals surface area contributed by atoms with Crippen molar-refractivity contribution in [3.8, 4) is 0 Å². The molecule has 1 aromatic heterocycles. The number of aromatic nitrogens is 3. The average molecular weight is 534 g/mol. The summed E-state index contributed by atoms with van der Waals surface area (Å²) in [5.74, 6) is 1.01. The third kappa shape index (κ3) is 9.08. The van der Waals surface area contributed by atoms with Crippen molar-refractivity contribution < 1.29 is 13.2 Å². The van der Waals surface area contributed by atoms with E-state index in [-0.39, 0.29) is 11.8 Å². The van der Waals surface area contributed by atoms with Crippen LogP contribution in [0.2, 0.25) is 0 Å². The largest absolute Gasteiger partial charge is 0.325 e. The number of rotatable bonds is 15. The maximum Gasteiger partial charge on any atom is 0.320 e. The van der Waals surface area contributed by atoms with Crippen molar-refractivity contribution in [3.63, 3.8) is 0 Å². The molecule has 2 aromatic rings. The summed E-state index contributed by atoms with van der Waals surface area (Å²) in [6.45, 7) is 11.1. The molecule has 0 saturated carbocycles. The normalized spacial score (nSPS) is 14.9. The van der Waals surface area contributed by atoms with Gasteiger partial charge in [-0.1, -0.05) is 44.2 Å². The molecule has 1 aliphatic heterocycles. The third-order valence-electron chi connectivity index (χ3n) is 6.90. The van der Waals surface area contributed by atoms with E-state index in [9.17, 15) is 13.2 Å². The molecule has 0 spiro atoms. The predicted octanol–water partition coefficient (Wildman–Crippen LogP) is 3.17. The number of hydrogen-bond donors (Lipinski definition) is 2. The molecule has 10 nitrogen and oxygen atoms in total. The zero-order valence-electron chi connectivity index (χ0n) is 22.5. The minimum Gasteiger partial charge on any atom is -0.325 e. The number of H-pyrrole nitrogens is 1. The predicted molar refractivity (Wildman–Crippen MR) is 146 cm³/mol. The highest BCUT2D eigenvalue weighted by Gasteiger charge is 2.26. The van der Waals surface area contributed by atoms with Gasteiger partial charge in [-0.2, -0.15) is 5.10 Å². The Bertz CT molecular complexity index is 1050. The number of aryl methyl sites for hydroxylation is 1. The molecule has 0 aliphatic carbocycles. The molecule has 2 amide bonds. The molecular weight excluding hydrogens is 490 g/mol. The summed E-state index contributed by atoms with van der Waals surface area (Å²) < 4.78 is 28.9. The molecule has 0 unspecified atom stereocenters. The summed E-state index contributed by atoms with van der Waals surface area (Å²) in [6, 6.07) is 9.42. The molecule has 2 heterocycles. The Labute approximate surface area is 221 Å². The molecule has 11 heteroatoms. The summed E-state index contributed by atoms with van der Waals surface area (Å²) >= 11 is 0. The summed E-state index contributed by atoms with van der Waals surface area (Å²) in [4.78, 5) is 23.3. The van der Waals surface area contributed by atoms with Gasteiger partial charge in [-0.05, 0) is 64.2 Å². The van der Waals surface area contributed by atoms with Gasteiger partial charge in [0.05, 0.1) is 18.3 Å². The molecule has 2 N–H and O–H groups in total. The minimum absolute atomic E-state index is 0.00693. The Morgan fingerprint density at radius 1 is 1.11 bits per heavy atom. The molecular formula is C26H43N7O3S. The summed E-state index contributed by atoms with van der Waals surface area (Å²) in [6.07, 6.45) is 3.85. The number of hydrogen-bond acceptors (Lipinski definition) is 6. The van der Waals surface area contributed by atoms with E-state index in [0.717, 1.165) is 51.1 Å². The first-order chi connectivity index (χ1) is 17.8. The second-order valence-corrected chi connectivity index (χ2v) is 11.4. The molecule has 0 radical (unpaired) electrons. The lowest BCUT2D eigenvalue weighted by Gasteiger charge is -2.25. The van der Waals surface area contributed by atoms with Crippen LogP contribution in [0.1, 0.15) is 69.7 Å². The Morgan fingerprint density at radius 2 is 1.81 bits per heavy atom. The van der Waals surface area contributed by atoms with Crippen molar-refractivity contribution in [2.24, 2.45) is 0 Å². The van der Waals surface area contributed by atoms with Crippen LogP contribution in [0.15, 0.2) is 30.3 Å². The van der Waals surface area contributed by atoms with E-state index in [1.165, 1.54) is 0 Å². The van der Waals surface area contributed by atoms with E-state index in [1.807, 2.05) is 42.2 Å². The van der Waals surface area contributed by atoms with Crippen molar-refractivity contribution in [1.29, 1.82) is 0 Å². The smallest absolute Gasteiger partial charge is 0.320 e. The van der Waals surface area contributed by atoms with Gasteiger partial charge in [0.2, 0.25) is 10.0 Å². The van der Waals surface area contributed by atoms with Crippen LogP contribution in [0.3, 0.4) is 0 Å². The maximum absolute atomic E-state index is 13.0. The van der Waals surface area contributed by atoms with Crippen LogP contribution in [0, 0.1) is 0 Å². The Hall–Kier alpha value is -2.50. The summed E-state index contributed by atoms with van der Waals surface area (Å²) in [5, 5.41) is 7.31. The minimum atomic E-state index is -3.53. The third-order valence-corrected chi connectivity index (χ3v) is 8.37. The van der Waals surface area contributed by atoms with Gasteiger partial charge in [0.25, 0.3) is 0 Å². The number of likely N-dealkylation sites (tertiary alicyclic amines) is 1. The highest BCUT2D eigenvalue weighted by Crippen LogP contribution is 2.19. The van der Waals surface area contributed by atoms with Crippen molar-refractivity contribution in [1.82, 2.24) is 34.6 Å². The molecule has 1 aromatic carbocycles. The van der Waals surface area contributed by atoms with Crippen LogP contribution in [0.5, 0.6) is 0 Å². The molecule has 37 heavy (non-hydrogen) atoms. The molecule has 1 aliphatic rings. The number of urea groups is 1. The van der Waals surface area contributed by atoms with Gasteiger partial charge in [0.1, 0.15) is 5.82 Å². The first-order valence-electron chi connectivity index (χ1n) is 13.6. The molecule has 206 valence electrons. The molecule has 0 bridgehead atoms. The summed E-state index contributed by atoms with van der Waals surface area (Å²) in [5.41, 5.74) is 1.12. The van der Waals surface area contributed by atoms with Crippen LogP contribution < -0.4 is 4.72 Å².